The molecule has 4 rings (SSSR count). The molecular formula is C24H26N4OS. The maximum Gasteiger partial charge on any atom is 0.246 e. The normalized spacial score (nSPS) is 16.9. The van der Waals surface area contributed by atoms with Crippen molar-refractivity contribution in [3.63, 3.8) is 0 Å². The summed E-state index contributed by atoms with van der Waals surface area (Å²) in [5.74, 6) is 0.916. The van der Waals surface area contributed by atoms with Crippen molar-refractivity contribution in [2.24, 2.45) is 0 Å². The second-order valence-corrected chi connectivity index (χ2v) is 8.46. The van der Waals surface area contributed by atoms with Gasteiger partial charge in [-0.3, -0.25) is 4.79 Å². The summed E-state index contributed by atoms with van der Waals surface area (Å²) in [5.41, 5.74) is 3.51. The predicted molar refractivity (Wildman–Crippen MR) is 123 cm³/mol. The van der Waals surface area contributed by atoms with Crippen LogP contribution in [-0.4, -0.2) is 45.8 Å². The summed E-state index contributed by atoms with van der Waals surface area (Å²) in [6, 6.07) is 18.5. The highest BCUT2D eigenvalue weighted by molar-refractivity contribution is 7.09. The Balaban J connectivity index is 1.35. The van der Waals surface area contributed by atoms with E-state index < -0.39 is 0 Å². The molecule has 1 aliphatic rings. The number of hydrogen-bond donors (Lipinski definition) is 0. The van der Waals surface area contributed by atoms with Crippen molar-refractivity contribution < 1.29 is 4.79 Å². The highest BCUT2D eigenvalue weighted by Gasteiger charge is 2.28. The zero-order chi connectivity index (χ0) is 20.9. The zero-order valence-corrected chi connectivity index (χ0v) is 18.2. The average Bonchev–Trinajstić information content (AvgIpc) is 3.23. The van der Waals surface area contributed by atoms with E-state index >= 15 is 0 Å². The second-order valence-electron chi connectivity index (χ2n) is 7.73. The third-order valence-corrected chi connectivity index (χ3v) is 6.15. The Hall–Kier alpha value is -2.99. The van der Waals surface area contributed by atoms with E-state index in [4.69, 9.17) is 4.98 Å². The molecule has 1 fully saturated rings. The van der Waals surface area contributed by atoms with E-state index in [2.05, 4.69) is 47.4 Å². The van der Waals surface area contributed by atoms with Crippen molar-refractivity contribution in [3.8, 4) is 0 Å². The first kappa shape index (κ1) is 20.3. The maximum absolute atomic E-state index is 12.7. The molecule has 30 heavy (non-hydrogen) atoms. The van der Waals surface area contributed by atoms with E-state index in [1.807, 2.05) is 41.3 Å². The van der Waals surface area contributed by atoms with Gasteiger partial charge in [-0.2, -0.15) is 4.37 Å². The van der Waals surface area contributed by atoms with Gasteiger partial charge in [-0.05, 0) is 31.1 Å². The average molecular weight is 419 g/mol. The van der Waals surface area contributed by atoms with Gasteiger partial charge in [0.15, 0.2) is 0 Å². The molecule has 1 aromatic heterocycles. The van der Waals surface area contributed by atoms with Crippen LogP contribution in [0.25, 0.3) is 6.08 Å². The molecule has 0 unspecified atom stereocenters. The fourth-order valence-corrected chi connectivity index (χ4v) is 4.34. The molecule has 2 heterocycles. The minimum absolute atomic E-state index is 0.0586. The Morgan fingerprint density at radius 2 is 1.90 bits per heavy atom. The zero-order valence-electron chi connectivity index (χ0n) is 17.4. The molecule has 0 aliphatic carbocycles. The highest BCUT2D eigenvalue weighted by Crippen LogP contribution is 2.23. The summed E-state index contributed by atoms with van der Waals surface area (Å²) in [4.78, 5) is 21.6. The Kier molecular flexibility index (Phi) is 6.23. The topological polar surface area (TPSA) is 49.3 Å². The van der Waals surface area contributed by atoms with Gasteiger partial charge in [0.05, 0.1) is 0 Å². The minimum atomic E-state index is 0.0586. The van der Waals surface area contributed by atoms with Gasteiger partial charge >= 0.3 is 0 Å². The number of piperazine rings is 1. The molecule has 154 valence electrons. The van der Waals surface area contributed by atoms with Gasteiger partial charge in [0.25, 0.3) is 0 Å². The van der Waals surface area contributed by atoms with Gasteiger partial charge < -0.3 is 9.80 Å². The van der Waals surface area contributed by atoms with Crippen LogP contribution in [0.1, 0.15) is 29.4 Å². The molecule has 3 aromatic rings. The maximum atomic E-state index is 12.7. The van der Waals surface area contributed by atoms with Crippen molar-refractivity contribution in [1.82, 2.24) is 14.3 Å². The molecule has 0 bridgehead atoms. The lowest BCUT2D eigenvalue weighted by molar-refractivity contribution is -0.128. The van der Waals surface area contributed by atoms with Gasteiger partial charge in [-0.15, -0.1) is 0 Å². The van der Waals surface area contributed by atoms with E-state index in [-0.39, 0.29) is 11.9 Å². The van der Waals surface area contributed by atoms with Crippen LogP contribution in [0.3, 0.4) is 0 Å². The summed E-state index contributed by atoms with van der Waals surface area (Å²) in [5, 5.41) is 0.941. The van der Waals surface area contributed by atoms with Gasteiger partial charge in [0.1, 0.15) is 5.82 Å². The van der Waals surface area contributed by atoms with Crippen LogP contribution >= 0.6 is 11.5 Å². The summed E-state index contributed by atoms with van der Waals surface area (Å²) < 4.78 is 4.55. The second kappa shape index (κ2) is 9.22. The third kappa shape index (κ3) is 4.94. The molecule has 1 aliphatic heterocycles. The SMILES string of the molecule is Cc1ccc(Cc2nsc(N3CCN(C(=O)/C=C/c4ccccc4)[C@H](C)C3)n2)cc1. The molecule has 6 heteroatoms. The summed E-state index contributed by atoms with van der Waals surface area (Å²) in [7, 11) is 0. The van der Waals surface area contributed by atoms with E-state index in [0.29, 0.717) is 6.54 Å². The number of hydrogen-bond acceptors (Lipinski definition) is 5. The first-order valence-electron chi connectivity index (χ1n) is 10.3. The quantitative estimate of drug-likeness (QED) is 0.583. The Morgan fingerprint density at radius 1 is 1.13 bits per heavy atom. The molecule has 0 radical (unpaired) electrons. The standard InChI is InChI=1S/C24H26N4OS/c1-18-8-10-21(11-9-18)16-22-25-24(30-26-22)27-14-15-28(19(2)17-27)23(29)13-12-20-6-4-3-5-7-20/h3-13,19H,14-17H2,1-2H3/b13-12+/t19-/m1/s1. The lowest BCUT2D eigenvalue weighted by Gasteiger charge is -2.39. The summed E-state index contributed by atoms with van der Waals surface area (Å²) in [6.45, 7) is 6.41. The van der Waals surface area contributed by atoms with E-state index in [1.165, 1.54) is 22.7 Å². The molecule has 5 nitrogen and oxygen atoms in total. The molecule has 1 saturated heterocycles. The number of carbonyl (C=O) groups is 1. The van der Waals surface area contributed by atoms with Crippen LogP contribution in [-0.2, 0) is 11.2 Å². The number of benzene rings is 2. The van der Waals surface area contributed by atoms with Crippen molar-refractivity contribution in [2.45, 2.75) is 26.3 Å². The van der Waals surface area contributed by atoms with Crippen molar-refractivity contribution in [3.05, 3.63) is 83.2 Å². The molecule has 0 saturated carbocycles. The number of nitrogens with zero attached hydrogens (tertiary/aromatic N) is 4. The Morgan fingerprint density at radius 3 is 2.63 bits per heavy atom. The van der Waals surface area contributed by atoms with Gasteiger partial charge in [0, 0.05) is 49.7 Å². The number of aryl methyl sites for hydroxylation is 1. The number of aromatic nitrogens is 2. The molecule has 0 N–H and O–H groups in total. The fraction of sp³-hybridized carbons (Fsp3) is 0.292. The number of carbonyl (C=O) groups excluding carboxylic acids is 1. The Labute approximate surface area is 181 Å². The molecule has 0 spiro atoms. The van der Waals surface area contributed by atoms with Crippen molar-refractivity contribution in [1.29, 1.82) is 0 Å². The predicted octanol–water partition coefficient (Wildman–Crippen LogP) is 4.19. The molecule has 1 atom stereocenters. The van der Waals surface area contributed by atoms with Crippen LogP contribution in [0.15, 0.2) is 60.7 Å². The molecule has 2 aromatic carbocycles. The van der Waals surface area contributed by atoms with Gasteiger partial charge in [-0.1, -0.05) is 60.2 Å². The van der Waals surface area contributed by atoms with Crippen LogP contribution in [0.5, 0.6) is 0 Å². The summed E-state index contributed by atoms with van der Waals surface area (Å²) in [6.07, 6.45) is 4.30. The first-order valence-corrected chi connectivity index (χ1v) is 11.0. The van der Waals surface area contributed by atoms with Gasteiger partial charge in [0.2, 0.25) is 11.0 Å². The highest BCUT2D eigenvalue weighted by atomic mass is 32.1. The van der Waals surface area contributed by atoms with Crippen LogP contribution < -0.4 is 4.90 Å². The van der Waals surface area contributed by atoms with Crippen LogP contribution in [0.4, 0.5) is 5.13 Å². The lowest BCUT2D eigenvalue weighted by Crippen LogP contribution is -2.53. The fourth-order valence-electron chi connectivity index (χ4n) is 3.62. The summed E-state index contributed by atoms with van der Waals surface area (Å²) >= 11 is 1.45. The number of amides is 1. The minimum Gasteiger partial charge on any atom is -0.343 e. The van der Waals surface area contributed by atoms with Crippen LogP contribution in [0, 0.1) is 6.92 Å². The lowest BCUT2D eigenvalue weighted by atomic mass is 10.1. The Bertz CT molecular complexity index is 1010. The largest absolute Gasteiger partial charge is 0.343 e. The van der Waals surface area contributed by atoms with E-state index in [9.17, 15) is 4.79 Å². The van der Waals surface area contributed by atoms with Gasteiger partial charge in [-0.25, -0.2) is 4.98 Å². The number of rotatable bonds is 5. The molecular weight excluding hydrogens is 392 g/mol. The molecule has 1 amide bonds. The monoisotopic (exact) mass is 418 g/mol. The third-order valence-electron chi connectivity index (χ3n) is 5.34. The smallest absolute Gasteiger partial charge is 0.246 e. The van der Waals surface area contributed by atoms with Crippen LogP contribution in [0.2, 0.25) is 0 Å². The van der Waals surface area contributed by atoms with Crippen molar-refractivity contribution in [2.75, 3.05) is 24.5 Å². The van der Waals surface area contributed by atoms with E-state index in [0.717, 1.165) is 36.0 Å². The van der Waals surface area contributed by atoms with E-state index in [1.54, 1.807) is 6.08 Å². The number of anilines is 1. The first-order chi connectivity index (χ1) is 14.6. The van der Waals surface area contributed by atoms with Crippen molar-refractivity contribution >= 4 is 28.6 Å².